The molecule has 0 fully saturated rings. The lowest BCUT2D eigenvalue weighted by Crippen LogP contribution is -2.12. The highest BCUT2D eigenvalue weighted by Crippen LogP contribution is 2.18. The molecular formula is C14H22N6O. The molecule has 0 saturated carbocycles. The summed E-state index contributed by atoms with van der Waals surface area (Å²) in [4.78, 5) is 13.0. The Morgan fingerprint density at radius 3 is 2.43 bits per heavy atom. The van der Waals surface area contributed by atoms with Gasteiger partial charge in [0.15, 0.2) is 0 Å². The van der Waals surface area contributed by atoms with E-state index in [1.807, 2.05) is 27.7 Å². The topological polar surface area (TPSA) is 77.8 Å². The van der Waals surface area contributed by atoms with Crippen LogP contribution in [0.25, 0.3) is 5.95 Å². The highest BCUT2D eigenvalue weighted by molar-refractivity contribution is 5.34. The number of hydrogen-bond acceptors (Lipinski definition) is 6. The molecule has 0 amide bonds. The average Bonchev–Trinajstić information content (AvgIpc) is 2.74. The average molecular weight is 290 g/mol. The molecule has 0 aromatic carbocycles. The van der Waals surface area contributed by atoms with Crippen LogP contribution in [0, 0.1) is 13.8 Å². The standard InChI is InChI=1S/C14H22N6O/c1-6-11-9(4)19-20(10(11)5)13-16-12(15-7-2)17-14(18-13)21-8-3/h6-8H2,1-5H3,(H,15,16,17,18). The van der Waals surface area contributed by atoms with E-state index in [9.17, 15) is 0 Å². The predicted octanol–water partition coefficient (Wildman–Crippen LogP) is 2.07. The Bertz CT molecular complexity index is 598. The van der Waals surface area contributed by atoms with Gasteiger partial charge >= 0.3 is 6.01 Å². The summed E-state index contributed by atoms with van der Waals surface area (Å²) in [5.41, 5.74) is 3.27. The van der Waals surface area contributed by atoms with Crippen LogP contribution in [-0.2, 0) is 6.42 Å². The predicted molar refractivity (Wildman–Crippen MR) is 81.1 cm³/mol. The van der Waals surface area contributed by atoms with Crippen LogP contribution in [0.1, 0.15) is 37.7 Å². The van der Waals surface area contributed by atoms with Gasteiger partial charge in [-0.25, -0.2) is 4.68 Å². The van der Waals surface area contributed by atoms with Crippen molar-refractivity contribution in [2.24, 2.45) is 0 Å². The number of hydrogen-bond donors (Lipinski definition) is 1. The zero-order valence-corrected chi connectivity index (χ0v) is 13.3. The lowest BCUT2D eigenvalue weighted by molar-refractivity contribution is 0.311. The van der Waals surface area contributed by atoms with Crippen molar-refractivity contribution >= 4 is 5.95 Å². The second-order valence-corrected chi connectivity index (χ2v) is 4.62. The molecule has 2 heterocycles. The van der Waals surface area contributed by atoms with E-state index >= 15 is 0 Å². The van der Waals surface area contributed by atoms with Crippen molar-refractivity contribution in [3.05, 3.63) is 17.0 Å². The Kier molecular flexibility index (Phi) is 4.72. The van der Waals surface area contributed by atoms with Gasteiger partial charge in [0, 0.05) is 12.2 Å². The van der Waals surface area contributed by atoms with Crippen LogP contribution < -0.4 is 10.1 Å². The van der Waals surface area contributed by atoms with Crippen LogP contribution in [-0.4, -0.2) is 37.9 Å². The van der Waals surface area contributed by atoms with Gasteiger partial charge in [-0.05, 0) is 39.7 Å². The maximum absolute atomic E-state index is 5.41. The molecule has 0 bridgehead atoms. The monoisotopic (exact) mass is 290 g/mol. The second kappa shape index (κ2) is 6.51. The van der Waals surface area contributed by atoms with Crippen LogP contribution in [0.4, 0.5) is 5.95 Å². The first-order valence-electron chi connectivity index (χ1n) is 7.28. The van der Waals surface area contributed by atoms with E-state index in [0.29, 0.717) is 24.5 Å². The summed E-state index contributed by atoms with van der Waals surface area (Å²) in [7, 11) is 0. The Morgan fingerprint density at radius 1 is 1.10 bits per heavy atom. The zero-order chi connectivity index (χ0) is 15.4. The molecule has 2 rings (SSSR count). The molecular weight excluding hydrogens is 268 g/mol. The first-order valence-corrected chi connectivity index (χ1v) is 7.28. The summed E-state index contributed by atoms with van der Waals surface area (Å²) in [6.07, 6.45) is 0.932. The van der Waals surface area contributed by atoms with Crippen molar-refractivity contribution in [1.82, 2.24) is 24.7 Å². The highest BCUT2D eigenvalue weighted by atomic mass is 16.5. The third-order valence-electron chi connectivity index (χ3n) is 3.20. The summed E-state index contributed by atoms with van der Waals surface area (Å²) in [5, 5.41) is 7.62. The Balaban J connectivity index is 2.51. The first kappa shape index (κ1) is 15.2. The summed E-state index contributed by atoms with van der Waals surface area (Å²) < 4.78 is 7.16. The lowest BCUT2D eigenvalue weighted by Gasteiger charge is -2.08. The minimum Gasteiger partial charge on any atom is -0.464 e. The van der Waals surface area contributed by atoms with E-state index in [1.54, 1.807) is 4.68 Å². The molecule has 0 aliphatic rings. The molecule has 21 heavy (non-hydrogen) atoms. The number of nitrogens with zero attached hydrogens (tertiary/aromatic N) is 5. The fraction of sp³-hybridized carbons (Fsp3) is 0.571. The molecule has 0 radical (unpaired) electrons. The molecule has 0 aliphatic heterocycles. The fourth-order valence-electron chi connectivity index (χ4n) is 2.25. The van der Waals surface area contributed by atoms with E-state index in [1.165, 1.54) is 5.56 Å². The van der Waals surface area contributed by atoms with Gasteiger partial charge in [-0.1, -0.05) is 6.92 Å². The van der Waals surface area contributed by atoms with Crippen molar-refractivity contribution in [3.8, 4) is 12.0 Å². The van der Waals surface area contributed by atoms with E-state index in [4.69, 9.17) is 4.74 Å². The van der Waals surface area contributed by atoms with Crippen molar-refractivity contribution in [1.29, 1.82) is 0 Å². The quantitative estimate of drug-likeness (QED) is 0.877. The van der Waals surface area contributed by atoms with Gasteiger partial charge in [-0.15, -0.1) is 0 Å². The fourth-order valence-corrected chi connectivity index (χ4v) is 2.25. The van der Waals surface area contributed by atoms with Crippen molar-refractivity contribution in [2.75, 3.05) is 18.5 Å². The number of anilines is 1. The normalized spacial score (nSPS) is 10.7. The highest BCUT2D eigenvalue weighted by Gasteiger charge is 2.15. The minimum absolute atomic E-state index is 0.309. The zero-order valence-electron chi connectivity index (χ0n) is 13.3. The Hall–Kier alpha value is -2.18. The number of nitrogens with one attached hydrogen (secondary N) is 1. The third-order valence-corrected chi connectivity index (χ3v) is 3.20. The SMILES string of the molecule is CCNc1nc(OCC)nc(-n2nc(C)c(CC)c2C)n1. The van der Waals surface area contributed by atoms with Gasteiger partial charge in [0.05, 0.1) is 12.3 Å². The van der Waals surface area contributed by atoms with E-state index in [2.05, 4.69) is 32.3 Å². The summed E-state index contributed by atoms with van der Waals surface area (Å²) in [5.74, 6) is 0.973. The molecule has 7 nitrogen and oxygen atoms in total. The third kappa shape index (κ3) is 3.12. The summed E-state index contributed by atoms with van der Waals surface area (Å²) >= 11 is 0. The van der Waals surface area contributed by atoms with Crippen LogP contribution >= 0.6 is 0 Å². The molecule has 1 N–H and O–H groups in total. The molecule has 0 spiro atoms. The molecule has 0 unspecified atom stereocenters. The Labute approximate surface area is 124 Å². The van der Waals surface area contributed by atoms with Gasteiger partial charge in [0.2, 0.25) is 5.95 Å². The molecule has 114 valence electrons. The Morgan fingerprint density at radius 2 is 1.86 bits per heavy atom. The van der Waals surface area contributed by atoms with Gasteiger partial charge in [0.1, 0.15) is 0 Å². The number of ether oxygens (including phenoxy) is 1. The molecule has 0 saturated heterocycles. The molecule has 0 atom stereocenters. The van der Waals surface area contributed by atoms with Crippen molar-refractivity contribution in [3.63, 3.8) is 0 Å². The second-order valence-electron chi connectivity index (χ2n) is 4.62. The lowest BCUT2D eigenvalue weighted by atomic mass is 10.1. The maximum atomic E-state index is 5.41. The van der Waals surface area contributed by atoms with Gasteiger partial charge < -0.3 is 10.1 Å². The number of aromatic nitrogens is 5. The largest absolute Gasteiger partial charge is 0.464 e. The van der Waals surface area contributed by atoms with Crippen molar-refractivity contribution in [2.45, 2.75) is 41.0 Å². The van der Waals surface area contributed by atoms with Crippen LogP contribution in [0.15, 0.2) is 0 Å². The van der Waals surface area contributed by atoms with Gasteiger partial charge in [-0.3, -0.25) is 0 Å². The number of aryl methyl sites for hydroxylation is 1. The van der Waals surface area contributed by atoms with Crippen molar-refractivity contribution < 1.29 is 4.74 Å². The molecule has 2 aromatic rings. The maximum Gasteiger partial charge on any atom is 0.323 e. The van der Waals surface area contributed by atoms with Gasteiger partial charge in [-0.2, -0.15) is 20.1 Å². The van der Waals surface area contributed by atoms with Crippen LogP contribution in [0.5, 0.6) is 6.01 Å². The molecule has 0 aliphatic carbocycles. The number of rotatable bonds is 6. The van der Waals surface area contributed by atoms with E-state index < -0.39 is 0 Å². The molecule has 7 heteroatoms. The van der Waals surface area contributed by atoms with E-state index in [-0.39, 0.29) is 0 Å². The summed E-state index contributed by atoms with van der Waals surface area (Å²) in [6.45, 7) is 11.3. The first-order chi connectivity index (χ1) is 10.1. The van der Waals surface area contributed by atoms with Gasteiger partial charge in [0.25, 0.3) is 5.95 Å². The van der Waals surface area contributed by atoms with Crippen LogP contribution in [0.2, 0.25) is 0 Å². The smallest absolute Gasteiger partial charge is 0.323 e. The minimum atomic E-state index is 0.309. The summed E-state index contributed by atoms with van der Waals surface area (Å²) in [6, 6.07) is 0.309. The van der Waals surface area contributed by atoms with E-state index in [0.717, 1.165) is 24.4 Å². The van der Waals surface area contributed by atoms with Crippen LogP contribution in [0.3, 0.4) is 0 Å². The molecule has 2 aromatic heterocycles.